The second-order valence-electron chi connectivity index (χ2n) is 8.43. The monoisotopic (exact) mass is 440 g/mol. The molecule has 4 rings (SSSR count). The number of hydrogen-bond acceptors (Lipinski definition) is 4. The molecule has 1 fully saturated rings. The summed E-state index contributed by atoms with van der Waals surface area (Å²) in [5.41, 5.74) is 4.37. The first-order valence-corrected chi connectivity index (χ1v) is 12.1. The highest BCUT2D eigenvalue weighted by Gasteiger charge is 2.30. The van der Waals surface area contributed by atoms with E-state index < -0.39 is 10.0 Å². The Morgan fingerprint density at radius 2 is 1.90 bits per heavy atom. The molecule has 0 bridgehead atoms. The number of sulfonamides is 1. The van der Waals surface area contributed by atoms with E-state index in [9.17, 15) is 13.2 Å². The molecule has 3 aromatic rings. The number of benzene rings is 2. The number of carbonyl (C=O) groups is 1. The van der Waals surface area contributed by atoms with Crippen LogP contribution in [0.2, 0.25) is 0 Å². The van der Waals surface area contributed by atoms with Crippen LogP contribution in [-0.4, -0.2) is 31.2 Å². The molecule has 1 saturated heterocycles. The summed E-state index contributed by atoms with van der Waals surface area (Å²) in [7, 11) is -3.52. The predicted octanol–water partition coefficient (Wildman–Crippen LogP) is 4.79. The zero-order chi connectivity index (χ0) is 22.2. The van der Waals surface area contributed by atoms with Crippen LogP contribution in [0.5, 0.6) is 0 Å². The van der Waals surface area contributed by atoms with Gasteiger partial charge in [-0.3, -0.25) is 4.79 Å². The molecule has 2 heterocycles. The van der Waals surface area contributed by atoms with Crippen LogP contribution in [0.15, 0.2) is 52.0 Å². The second kappa shape index (κ2) is 8.48. The van der Waals surface area contributed by atoms with E-state index in [2.05, 4.69) is 11.4 Å². The second-order valence-corrected chi connectivity index (χ2v) is 10.3. The van der Waals surface area contributed by atoms with Crippen LogP contribution in [0.3, 0.4) is 0 Å². The van der Waals surface area contributed by atoms with Crippen LogP contribution in [0.4, 0.5) is 5.69 Å². The summed E-state index contributed by atoms with van der Waals surface area (Å²) in [4.78, 5) is 12.9. The van der Waals surface area contributed by atoms with Crippen LogP contribution in [0.25, 0.3) is 11.0 Å². The van der Waals surface area contributed by atoms with Crippen molar-refractivity contribution in [1.82, 2.24) is 4.31 Å². The molecule has 1 atom stereocenters. The molecule has 1 N–H and O–H groups in total. The number of nitrogens with one attached hydrogen (secondary N) is 1. The summed E-state index contributed by atoms with van der Waals surface area (Å²) >= 11 is 0. The van der Waals surface area contributed by atoms with Crippen LogP contribution in [0.1, 0.15) is 42.9 Å². The number of anilines is 1. The summed E-state index contributed by atoms with van der Waals surface area (Å²) in [5.74, 6) is -0.178. The average molecular weight is 441 g/mol. The average Bonchev–Trinajstić information content (AvgIpc) is 3.11. The molecule has 1 unspecified atom stereocenters. The van der Waals surface area contributed by atoms with Gasteiger partial charge < -0.3 is 9.73 Å². The number of amides is 1. The molecule has 2 aromatic carbocycles. The highest BCUT2D eigenvalue weighted by Crippen LogP contribution is 2.28. The van der Waals surface area contributed by atoms with E-state index in [-0.39, 0.29) is 23.3 Å². The van der Waals surface area contributed by atoms with Gasteiger partial charge in [0.1, 0.15) is 5.58 Å². The van der Waals surface area contributed by atoms with E-state index in [0.717, 1.165) is 46.9 Å². The van der Waals surface area contributed by atoms with Crippen molar-refractivity contribution in [2.24, 2.45) is 0 Å². The van der Waals surface area contributed by atoms with Crippen molar-refractivity contribution in [2.45, 2.75) is 57.4 Å². The zero-order valence-corrected chi connectivity index (χ0v) is 19.0. The Morgan fingerprint density at radius 3 is 2.61 bits per heavy atom. The molecule has 0 spiro atoms. The topological polar surface area (TPSA) is 79.6 Å². The molecule has 0 saturated carbocycles. The standard InChI is InChI=1S/C24H28N2O4S/c1-16-12-17(2)24-19(15-30-22(24)13-16)14-23(27)25-20-7-9-21(10-8-20)31(28,29)26-11-5-4-6-18(26)3/h7-10,12-13,15,18H,4-6,11,14H2,1-3H3,(H,25,27). The molecule has 0 aliphatic carbocycles. The Morgan fingerprint density at radius 1 is 1.16 bits per heavy atom. The third kappa shape index (κ3) is 4.38. The molecular weight excluding hydrogens is 412 g/mol. The maximum Gasteiger partial charge on any atom is 0.243 e. The lowest BCUT2D eigenvalue weighted by atomic mass is 10.0. The molecule has 0 radical (unpaired) electrons. The summed E-state index contributed by atoms with van der Waals surface area (Å²) in [6.45, 7) is 6.53. The first-order valence-electron chi connectivity index (χ1n) is 10.6. The van der Waals surface area contributed by atoms with Gasteiger partial charge in [0.05, 0.1) is 17.6 Å². The van der Waals surface area contributed by atoms with Crippen molar-refractivity contribution < 1.29 is 17.6 Å². The molecule has 1 aliphatic rings. The van der Waals surface area contributed by atoms with E-state index >= 15 is 0 Å². The van der Waals surface area contributed by atoms with Crippen molar-refractivity contribution in [3.05, 3.63) is 59.4 Å². The number of piperidine rings is 1. The molecule has 164 valence electrons. The normalized spacial score (nSPS) is 17.7. The summed E-state index contributed by atoms with van der Waals surface area (Å²) in [5, 5.41) is 3.82. The lowest BCUT2D eigenvalue weighted by Gasteiger charge is -2.32. The number of fused-ring (bicyclic) bond motifs is 1. The first-order chi connectivity index (χ1) is 14.8. The van der Waals surface area contributed by atoms with Crippen molar-refractivity contribution >= 4 is 32.6 Å². The molecule has 1 aliphatic heterocycles. The summed E-state index contributed by atoms with van der Waals surface area (Å²) < 4.78 is 33.1. The van der Waals surface area contributed by atoms with Crippen LogP contribution in [0, 0.1) is 13.8 Å². The van der Waals surface area contributed by atoms with E-state index in [1.807, 2.05) is 26.8 Å². The summed E-state index contributed by atoms with van der Waals surface area (Å²) in [6, 6.07) is 10.4. The van der Waals surface area contributed by atoms with E-state index in [1.165, 1.54) is 0 Å². The van der Waals surface area contributed by atoms with Crippen molar-refractivity contribution in [1.29, 1.82) is 0 Å². The van der Waals surface area contributed by atoms with Crippen LogP contribution >= 0.6 is 0 Å². The van der Waals surface area contributed by atoms with Crippen molar-refractivity contribution in [3.63, 3.8) is 0 Å². The number of rotatable bonds is 5. The zero-order valence-electron chi connectivity index (χ0n) is 18.1. The fourth-order valence-electron chi connectivity index (χ4n) is 4.41. The molecule has 6 nitrogen and oxygen atoms in total. The third-order valence-electron chi connectivity index (χ3n) is 5.93. The minimum atomic E-state index is -3.52. The Kier molecular flexibility index (Phi) is 5.90. The lowest BCUT2D eigenvalue weighted by molar-refractivity contribution is -0.115. The van der Waals surface area contributed by atoms with E-state index in [1.54, 1.807) is 34.8 Å². The SMILES string of the molecule is Cc1cc(C)c2c(CC(=O)Nc3ccc(S(=O)(=O)N4CCCCC4C)cc3)coc2c1. The van der Waals surface area contributed by atoms with Gasteiger partial charge in [-0.1, -0.05) is 12.5 Å². The smallest absolute Gasteiger partial charge is 0.243 e. The Balaban J connectivity index is 1.46. The Hall–Kier alpha value is -2.64. The quantitative estimate of drug-likeness (QED) is 0.618. The maximum absolute atomic E-state index is 13.0. The van der Waals surface area contributed by atoms with Crippen molar-refractivity contribution in [3.8, 4) is 0 Å². The summed E-state index contributed by atoms with van der Waals surface area (Å²) in [6.07, 6.45) is 4.65. The van der Waals surface area contributed by atoms with Crippen LogP contribution < -0.4 is 5.32 Å². The largest absolute Gasteiger partial charge is 0.464 e. The fraction of sp³-hybridized carbons (Fsp3) is 0.375. The molecule has 31 heavy (non-hydrogen) atoms. The number of hydrogen-bond donors (Lipinski definition) is 1. The number of furan rings is 1. The molecular formula is C24H28N2O4S. The van der Waals surface area contributed by atoms with Gasteiger partial charge in [0.15, 0.2) is 0 Å². The van der Waals surface area contributed by atoms with Gasteiger partial charge in [-0.05, 0) is 75.1 Å². The van der Waals surface area contributed by atoms with Gasteiger partial charge in [0, 0.05) is 29.2 Å². The first kappa shape index (κ1) is 21.6. The minimum Gasteiger partial charge on any atom is -0.464 e. The maximum atomic E-state index is 13.0. The highest BCUT2D eigenvalue weighted by atomic mass is 32.2. The molecule has 7 heteroatoms. The van der Waals surface area contributed by atoms with E-state index in [4.69, 9.17) is 4.42 Å². The number of carbonyl (C=O) groups excluding carboxylic acids is 1. The van der Waals surface area contributed by atoms with E-state index in [0.29, 0.717) is 12.2 Å². The van der Waals surface area contributed by atoms with Gasteiger partial charge in [-0.25, -0.2) is 8.42 Å². The number of nitrogens with zero attached hydrogens (tertiary/aromatic N) is 1. The van der Waals surface area contributed by atoms with Gasteiger partial charge in [-0.15, -0.1) is 0 Å². The van der Waals surface area contributed by atoms with Crippen LogP contribution in [-0.2, 0) is 21.2 Å². The minimum absolute atomic E-state index is 0.00940. The van der Waals surface area contributed by atoms with Gasteiger partial charge in [0.2, 0.25) is 15.9 Å². The van der Waals surface area contributed by atoms with Gasteiger partial charge in [-0.2, -0.15) is 4.31 Å². The lowest BCUT2D eigenvalue weighted by Crippen LogP contribution is -2.41. The fourth-order valence-corrected chi connectivity index (χ4v) is 6.11. The highest BCUT2D eigenvalue weighted by molar-refractivity contribution is 7.89. The molecule has 1 aromatic heterocycles. The Labute approximate surface area is 183 Å². The third-order valence-corrected chi connectivity index (χ3v) is 7.96. The predicted molar refractivity (Wildman–Crippen MR) is 122 cm³/mol. The number of aryl methyl sites for hydroxylation is 2. The van der Waals surface area contributed by atoms with Gasteiger partial charge >= 0.3 is 0 Å². The van der Waals surface area contributed by atoms with Gasteiger partial charge in [0.25, 0.3) is 0 Å². The van der Waals surface area contributed by atoms with Crippen molar-refractivity contribution in [2.75, 3.05) is 11.9 Å². The Bertz CT molecular complexity index is 1210. The molecule has 1 amide bonds.